The highest BCUT2D eigenvalue weighted by atomic mass is 16.6. The van der Waals surface area contributed by atoms with Crippen molar-refractivity contribution in [2.45, 2.75) is 6.92 Å². The molecule has 3 rings (SSSR count). The molecule has 0 heterocycles. The molecule has 0 bridgehead atoms. The Bertz CT molecular complexity index is 1750. The minimum absolute atomic E-state index is 0.0132. The van der Waals surface area contributed by atoms with E-state index in [1.807, 2.05) is 0 Å². The molecular formula is C35H24O8. The van der Waals surface area contributed by atoms with Crippen LogP contribution in [0, 0.1) is 30.6 Å². The molecule has 0 unspecified atom stereocenters. The number of rotatable bonds is 8. The average Bonchev–Trinajstić information content (AvgIpc) is 3.02. The molecule has 0 aliphatic heterocycles. The third kappa shape index (κ3) is 8.81. The highest BCUT2D eigenvalue weighted by Crippen LogP contribution is 2.35. The molecule has 8 nitrogen and oxygen atoms in total. The van der Waals surface area contributed by atoms with E-state index in [0.717, 1.165) is 24.3 Å². The predicted molar refractivity (Wildman–Crippen MR) is 159 cm³/mol. The molecule has 8 heteroatoms. The monoisotopic (exact) mass is 572 g/mol. The lowest BCUT2D eigenvalue weighted by molar-refractivity contribution is -0.130. The molecule has 0 atom stereocenters. The van der Waals surface area contributed by atoms with E-state index >= 15 is 0 Å². The minimum atomic E-state index is -0.773. The fourth-order valence-corrected chi connectivity index (χ4v) is 3.28. The summed E-state index contributed by atoms with van der Waals surface area (Å²) in [5, 5.41) is 0. The summed E-state index contributed by atoms with van der Waals surface area (Å²) in [6.07, 6.45) is 4.05. The number of ether oxygens (including phenoxy) is 4. The molecule has 0 amide bonds. The Labute approximate surface area is 248 Å². The zero-order valence-corrected chi connectivity index (χ0v) is 23.1. The lowest BCUT2D eigenvalue weighted by Gasteiger charge is -2.14. The lowest BCUT2D eigenvalue weighted by Crippen LogP contribution is -2.10. The van der Waals surface area contributed by atoms with Gasteiger partial charge in [-0.1, -0.05) is 50.0 Å². The second kappa shape index (κ2) is 14.8. The topological polar surface area (TPSA) is 105 Å². The van der Waals surface area contributed by atoms with Crippen LogP contribution in [-0.2, 0) is 19.2 Å². The van der Waals surface area contributed by atoms with Crippen molar-refractivity contribution in [3.63, 3.8) is 0 Å². The average molecular weight is 573 g/mol. The minimum Gasteiger partial charge on any atom is -0.423 e. The van der Waals surface area contributed by atoms with Gasteiger partial charge in [-0.2, -0.15) is 0 Å². The van der Waals surface area contributed by atoms with E-state index in [0.29, 0.717) is 33.8 Å². The summed E-state index contributed by atoms with van der Waals surface area (Å²) < 4.78 is 21.1. The van der Waals surface area contributed by atoms with Crippen LogP contribution in [-0.4, -0.2) is 23.9 Å². The van der Waals surface area contributed by atoms with E-state index in [-0.39, 0.29) is 17.1 Å². The van der Waals surface area contributed by atoms with Crippen molar-refractivity contribution in [1.29, 1.82) is 0 Å². The number of carbonyl (C=O) groups is 4. The second-order valence-electron chi connectivity index (χ2n) is 8.30. The van der Waals surface area contributed by atoms with Gasteiger partial charge in [0.15, 0.2) is 11.5 Å². The first kappa shape index (κ1) is 31.2. The van der Waals surface area contributed by atoms with E-state index < -0.39 is 23.9 Å². The van der Waals surface area contributed by atoms with Crippen molar-refractivity contribution >= 4 is 23.9 Å². The Kier molecular flexibility index (Phi) is 10.8. The number of benzene rings is 3. The predicted octanol–water partition coefficient (Wildman–Crippen LogP) is 5.16. The number of hydrogen-bond acceptors (Lipinski definition) is 8. The number of carbonyl (C=O) groups excluding carboxylic acids is 4. The zero-order chi connectivity index (χ0) is 31.4. The summed E-state index contributed by atoms with van der Waals surface area (Å²) in [6.45, 7) is 15.3. The molecule has 212 valence electrons. The molecule has 0 aromatic heterocycles. The fraction of sp³-hybridized carbons (Fsp3) is 0.0286. The van der Waals surface area contributed by atoms with Gasteiger partial charge in [-0.15, -0.1) is 0 Å². The Morgan fingerprint density at radius 1 is 0.581 bits per heavy atom. The van der Waals surface area contributed by atoms with Crippen LogP contribution in [0.4, 0.5) is 0 Å². The smallest absolute Gasteiger partial charge is 0.335 e. The molecule has 3 aromatic rings. The van der Waals surface area contributed by atoms with Crippen molar-refractivity contribution in [3.05, 3.63) is 133 Å². The van der Waals surface area contributed by atoms with Gasteiger partial charge in [-0.3, -0.25) is 0 Å². The van der Waals surface area contributed by atoms with Gasteiger partial charge in [0.25, 0.3) is 0 Å². The Morgan fingerprint density at radius 3 is 1.47 bits per heavy atom. The first-order chi connectivity index (χ1) is 20.7. The third-order valence-corrected chi connectivity index (χ3v) is 5.39. The Morgan fingerprint density at radius 2 is 1.00 bits per heavy atom. The van der Waals surface area contributed by atoms with Crippen LogP contribution in [0.2, 0.25) is 0 Å². The summed E-state index contributed by atoms with van der Waals surface area (Å²) in [4.78, 5) is 47.3. The quantitative estimate of drug-likeness (QED) is 0.158. The fourth-order valence-electron chi connectivity index (χ4n) is 3.28. The zero-order valence-electron chi connectivity index (χ0n) is 23.1. The first-order valence-electron chi connectivity index (χ1n) is 12.5. The van der Waals surface area contributed by atoms with Crippen LogP contribution in [0.15, 0.2) is 105 Å². The molecule has 0 N–H and O–H groups in total. The maximum atomic E-state index is 12.3. The van der Waals surface area contributed by atoms with Crippen LogP contribution in [0.5, 0.6) is 23.0 Å². The van der Waals surface area contributed by atoms with Gasteiger partial charge in [0.1, 0.15) is 17.1 Å². The maximum Gasteiger partial charge on any atom is 0.335 e. The Hall–Kier alpha value is -6.38. The van der Waals surface area contributed by atoms with E-state index in [9.17, 15) is 19.2 Å². The van der Waals surface area contributed by atoms with Gasteiger partial charge >= 0.3 is 23.9 Å². The van der Waals surface area contributed by atoms with Crippen LogP contribution in [0.25, 0.3) is 0 Å². The maximum absolute atomic E-state index is 12.3. The van der Waals surface area contributed by atoms with Gasteiger partial charge in [0.2, 0.25) is 0 Å². The molecule has 0 spiro atoms. The molecular weight excluding hydrogens is 548 g/mol. The molecule has 0 aliphatic carbocycles. The Balaban J connectivity index is 2.10. The summed E-state index contributed by atoms with van der Waals surface area (Å²) >= 11 is 0. The molecule has 0 saturated heterocycles. The summed E-state index contributed by atoms with van der Waals surface area (Å²) in [5.41, 5.74) is 2.01. The van der Waals surface area contributed by atoms with E-state index in [4.69, 9.17) is 18.9 Å². The van der Waals surface area contributed by atoms with Crippen LogP contribution in [0.3, 0.4) is 0 Å². The first-order valence-corrected chi connectivity index (χ1v) is 12.5. The SMILES string of the molecule is C=CC(=O)Oc1ccc(C#Cc2cc(OC(=O)C=C)c(C#Cc3ccc(OC(=O)C=C)cc3)c(OC(=O)C=C)c2C)cc1. The van der Waals surface area contributed by atoms with Crippen molar-refractivity contribution in [2.24, 2.45) is 0 Å². The van der Waals surface area contributed by atoms with E-state index in [2.05, 4.69) is 50.0 Å². The van der Waals surface area contributed by atoms with Crippen molar-refractivity contribution < 1.29 is 38.1 Å². The van der Waals surface area contributed by atoms with E-state index in [1.54, 1.807) is 55.5 Å². The van der Waals surface area contributed by atoms with Gasteiger partial charge in [-0.05, 0) is 61.5 Å². The van der Waals surface area contributed by atoms with Gasteiger partial charge < -0.3 is 18.9 Å². The normalized spacial score (nSPS) is 9.42. The molecule has 0 fully saturated rings. The van der Waals surface area contributed by atoms with Crippen LogP contribution >= 0.6 is 0 Å². The molecule has 3 aromatic carbocycles. The second-order valence-corrected chi connectivity index (χ2v) is 8.30. The van der Waals surface area contributed by atoms with Gasteiger partial charge in [-0.25, -0.2) is 19.2 Å². The number of hydrogen-bond donors (Lipinski definition) is 0. The van der Waals surface area contributed by atoms with E-state index in [1.165, 1.54) is 6.07 Å². The van der Waals surface area contributed by atoms with Crippen molar-refractivity contribution in [2.75, 3.05) is 0 Å². The largest absolute Gasteiger partial charge is 0.423 e. The highest BCUT2D eigenvalue weighted by molar-refractivity contribution is 5.87. The summed E-state index contributed by atoms with van der Waals surface area (Å²) in [6, 6.07) is 14.2. The van der Waals surface area contributed by atoms with Crippen LogP contribution < -0.4 is 18.9 Å². The van der Waals surface area contributed by atoms with Gasteiger partial charge in [0.05, 0.1) is 0 Å². The lowest BCUT2D eigenvalue weighted by atomic mass is 10.0. The van der Waals surface area contributed by atoms with Crippen molar-refractivity contribution in [1.82, 2.24) is 0 Å². The molecule has 0 radical (unpaired) electrons. The number of esters is 4. The molecule has 0 saturated carbocycles. The standard InChI is InChI=1S/C35H24O8/c1-6-31(36)40-27-17-11-24(12-18-27)10-16-26-22-30(42-33(38)8-3)29(35(23(26)5)43-34(39)9-4)21-15-25-13-19-28(20-14-25)41-32(37)7-2/h6-9,11-14,17-20,22H,1-4H2,5H3. The summed E-state index contributed by atoms with van der Waals surface area (Å²) in [7, 11) is 0. The summed E-state index contributed by atoms with van der Waals surface area (Å²) in [5.74, 6) is 9.65. The highest BCUT2D eigenvalue weighted by Gasteiger charge is 2.20. The third-order valence-electron chi connectivity index (χ3n) is 5.39. The van der Waals surface area contributed by atoms with Crippen molar-refractivity contribution in [3.8, 4) is 46.7 Å². The van der Waals surface area contributed by atoms with Gasteiger partial charge in [0, 0.05) is 46.6 Å². The molecule has 0 aliphatic rings. The molecule has 43 heavy (non-hydrogen) atoms. The van der Waals surface area contributed by atoms with Crippen LogP contribution in [0.1, 0.15) is 27.8 Å².